The third-order valence-electron chi connectivity index (χ3n) is 4.02. The summed E-state index contributed by atoms with van der Waals surface area (Å²) in [5.41, 5.74) is 1.13. The minimum Gasteiger partial charge on any atom is -0.310 e. The maximum absolute atomic E-state index is 13.0. The van der Waals surface area contributed by atoms with Gasteiger partial charge in [0.1, 0.15) is 5.82 Å². The molecule has 0 bridgehead atoms. The Bertz CT molecular complexity index is 386. The second-order valence-corrected chi connectivity index (χ2v) is 6.10. The highest BCUT2D eigenvalue weighted by Crippen LogP contribution is 2.27. The highest BCUT2D eigenvalue weighted by Gasteiger charge is 2.19. The molecule has 1 aromatic carbocycles. The maximum atomic E-state index is 13.0. The van der Waals surface area contributed by atoms with Gasteiger partial charge in [-0.25, -0.2) is 4.39 Å². The monoisotopic (exact) mass is 313 g/mol. The van der Waals surface area contributed by atoms with Gasteiger partial charge >= 0.3 is 0 Å². The molecule has 1 nitrogen and oxygen atoms in total. The first-order valence-corrected chi connectivity index (χ1v) is 7.65. The summed E-state index contributed by atoms with van der Waals surface area (Å²) in [4.78, 5) is 0. The van der Waals surface area contributed by atoms with Gasteiger partial charge in [-0.05, 0) is 49.3 Å². The van der Waals surface area contributed by atoms with Crippen molar-refractivity contribution >= 4 is 15.9 Å². The van der Waals surface area contributed by atoms with Crippen LogP contribution in [0.1, 0.15) is 44.6 Å². The molecule has 0 radical (unpaired) electrons. The van der Waals surface area contributed by atoms with Crippen molar-refractivity contribution in [2.45, 2.75) is 51.6 Å². The molecule has 1 aliphatic carbocycles. The van der Waals surface area contributed by atoms with Crippen LogP contribution in [0.5, 0.6) is 0 Å². The van der Waals surface area contributed by atoms with Crippen LogP contribution in [0.15, 0.2) is 22.7 Å². The lowest BCUT2D eigenvalue weighted by Crippen LogP contribution is -2.32. The van der Waals surface area contributed by atoms with Crippen LogP contribution in [0.25, 0.3) is 0 Å². The van der Waals surface area contributed by atoms with E-state index in [1.165, 1.54) is 44.2 Å². The van der Waals surface area contributed by atoms with Crippen LogP contribution in [0.3, 0.4) is 0 Å². The number of hydrogen-bond acceptors (Lipinski definition) is 1. The van der Waals surface area contributed by atoms with Crippen LogP contribution in [-0.4, -0.2) is 6.04 Å². The molecule has 0 atom stereocenters. The standard InChI is InChI=1S/C15H21BrFN/c1-2-11-3-7-14(8-4-11)18-10-12-5-6-13(17)9-15(12)16/h5-6,9,11,14,18H,2-4,7-8,10H2,1H3. The topological polar surface area (TPSA) is 12.0 Å². The van der Waals surface area contributed by atoms with Crippen LogP contribution >= 0.6 is 15.9 Å². The Morgan fingerprint density at radius 3 is 2.61 bits per heavy atom. The molecule has 0 aliphatic heterocycles. The predicted molar refractivity (Wildman–Crippen MR) is 77.0 cm³/mol. The third-order valence-corrected chi connectivity index (χ3v) is 4.76. The molecule has 0 unspecified atom stereocenters. The molecule has 2 rings (SSSR count). The molecule has 100 valence electrons. The lowest BCUT2D eigenvalue weighted by Gasteiger charge is -2.28. The predicted octanol–water partition coefficient (Wildman–Crippen LogP) is 4.65. The zero-order chi connectivity index (χ0) is 13.0. The normalized spacial score (nSPS) is 24.2. The van der Waals surface area contributed by atoms with Crippen molar-refractivity contribution in [3.05, 3.63) is 34.1 Å². The molecule has 0 saturated heterocycles. The Morgan fingerprint density at radius 1 is 1.28 bits per heavy atom. The van der Waals surface area contributed by atoms with Crippen molar-refractivity contribution in [3.63, 3.8) is 0 Å². The van der Waals surface area contributed by atoms with Crippen molar-refractivity contribution in [1.82, 2.24) is 5.32 Å². The van der Waals surface area contributed by atoms with Gasteiger partial charge in [-0.15, -0.1) is 0 Å². The summed E-state index contributed by atoms with van der Waals surface area (Å²) in [5.74, 6) is 0.745. The fourth-order valence-electron chi connectivity index (χ4n) is 2.69. The van der Waals surface area contributed by atoms with Crippen molar-refractivity contribution < 1.29 is 4.39 Å². The van der Waals surface area contributed by atoms with Gasteiger partial charge < -0.3 is 5.32 Å². The van der Waals surface area contributed by atoms with Crippen molar-refractivity contribution in [3.8, 4) is 0 Å². The first-order valence-electron chi connectivity index (χ1n) is 6.86. The molecule has 0 amide bonds. The van der Waals surface area contributed by atoms with Crippen molar-refractivity contribution in [2.24, 2.45) is 5.92 Å². The van der Waals surface area contributed by atoms with Crippen molar-refractivity contribution in [2.75, 3.05) is 0 Å². The lowest BCUT2D eigenvalue weighted by molar-refractivity contribution is 0.285. The second-order valence-electron chi connectivity index (χ2n) is 5.24. The zero-order valence-electron chi connectivity index (χ0n) is 10.9. The molecule has 1 aromatic rings. The van der Waals surface area contributed by atoms with E-state index >= 15 is 0 Å². The van der Waals surface area contributed by atoms with Gasteiger partial charge in [0.25, 0.3) is 0 Å². The quantitative estimate of drug-likeness (QED) is 0.853. The summed E-state index contributed by atoms with van der Waals surface area (Å²) in [5, 5.41) is 3.59. The van der Waals surface area contributed by atoms with Gasteiger partial charge in [0.15, 0.2) is 0 Å². The number of rotatable bonds is 4. The first-order chi connectivity index (χ1) is 8.69. The van der Waals surface area contributed by atoms with Gasteiger partial charge in [-0.3, -0.25) is 0 Å². The highest BCUT2D eigenvalue weighted by molar-refractivity contribution is 9.10. The maximum Gasteiger partial charge on any atom is 0.124 e. The summed E-state index contributed by atoms with van der Waals surface area (Å²) in [6, 6.07) is 5.54. The van der Waals surface area contributed by atoms with Crippen LogP contribution in [0, 0.1) is 11.7 Å². The minimum absolute atomic E-state index is 0.186. The highest BCUT2D eigenvalue weighted by atomic mass is 79.9. The zero-order valence-corrected chi connectivity index (χ0v) is 12.5. The molecule has 1 saturated carbocycles. The minimum atomic E-state index is -0.186. The van der Waals surface area contributed by atoms with Gasteiger partial charge in [-0.2, -0.15) is 0 Å². The SMILES string of the molecule is CCC1CCC(NCc2ccc(F)cc2Br)CC1. The number of halogens is 2. The average Bonchev–Trinajstić information content (AvgIpc) is 2.38. The van der Waals surface area contributed by atoms with E-state index in [1.54, 1.807) is 0 Å². The lowest BCUT2D eigenvalue weighted by atomic mass is 9.84. The Hall–Kier alpha value is -0.410. The van der Waals surface area contributed by atoms with Gasteiger partial charge in [0, 0.05) is 17.1 Å². The fourth-order valence-corrected chi connectivity index (χ4v) is 3.19. The molecule has 0 heterocycles. The molecule has 1 aliphatic rings. The smallest absolute Gasteiger partial charge is 0.124 e. The summed E-state index contributed by atoms with van der Waals surface area (Å²) >= 11 is 3.41. The van der Waals surface area contributed by atoms with E-state index in [4.69, 9.17) is 0 Å². The fraction of sp³-hybridized carbons (Fsp3) is 0.600. The van der Waals surface area contributed by atoms with E-state index in [2.05, 4.69) is 28.2 Å². The largest absolute Gasteiger partial charge is 0.310 e. The Morgan fingerprint density at radius 2 is 2.00 bits per heavy atom. The van der Waals surface area contributed by atoms with Crippen LogP contribution in [0.2, 0.25) is 0 Å². The average molecular weight is 314 g/mol. The number of benzene rings is 1. The second kappa shape index (κ2) is 6.67. The van der Waals surface area contributed by atoms with E-state index in [-0.39, 0.29) is 5.82 Å². The Kier molecular flexibility index (Phi) is 5.19. The molecule has 3 heteroatoms. The van der Waals surface area contributed by atoms with Crippen LogP contribution in [-0.2, 0) is 6.54 Å². The van der Waals surface area contributed by atoms with E-state index in [1.807, 2.05) is 6.07 Å². The first kappa shape index (κ1) is 14.0. The Labute approximate surface area is 117 Å². The number of nitrogens with one attached hydrogen (secondary N) is 1. The molecule has 0 aromatic heterocycles. The molecule has 18 heavy (non-hydrogen) atoms. The molecular weight excluding hydrogens is 293 g/mol. The van der Waals surface area contributed by atoms with E-state index in [9.17, 15) is 4.39 Å². The third kappa shape index (κ3) is 3.79. The molecule has 0 spiro atoms. The molecule has 1 fully saturated rings. The Balaban J connectivity index is 1.81. The van der Waals surface area contributed by atoms with E-state index < -0.39 is 0 Å². The van der Waals surface area contributed by atoms with Crippen LogP contribution in [0.4, 0.5) is 4.39 Å². The summed E-state index contributed by atoms with van der Waals surface area (Å²) in [7, 11) is 0. The van der Waals surface area contributed by atoms with Gasteiger partial charge in [0.05, 0.1) is 0 Å². The molecular formula is C15H21BrFN. The summed E-state index contributed by atoms with van der Waals surface area (Å²) < 4.78 is 13.8. The van der Waals surface area contributed by atoms with Crippen molar-refractivity contribution in [1.29, 1.82) is 0 Å². The van der Waals surface area contributed by atoms with E-state index in [0.717, 1.165) is 22.5 Å². The summed E-state index contributed by atoms with van der Waals surface area (Å²) in [6.45, 7) is 3.11. The molecule has 1 N–H and O–H groups in total. The van der Waals surface area contributed by atoms with E-state index in [0.29, 0.717) is 6.04 Å². The van der Waals surface area contributed by atoms with Crippen LogP contribution < -0.4 is 5.32 Å². The van der Waals surface area contributed by atoms with Gasteiger partial charge in [0.2, 0.25) is 0 Å². The van der Waals surface area contributed by atoms with Gasteiger partial charge in [-0.1, -0.05) is 35.3 Å². The summed E-state index contributed by atoms with van der Waals surface area (Å²) in [6.07, 6.45) is 6.56. The number of hydrogen-bond donors (Lipinski definition) is 1.